The van der Waals surface area contributed by atoms with Crippen molar-refractivity contribution in [1.82, 2.24) is 5.32 Å². The smallest absolute Gasteiger partial charge is 0.220 e. The van der Waals surface area contributed by atoms with Crippen molar-refractivity contribution in [3.05, 3.63) is 36.5 Å². The molecule has 0 spiro atoms. The molecule has 1 aliphatic heterocycles. The topological polar surface area (TPSA) is 149 Å². The van der Waals surface area contributed by atoms with Gasteiger partial charge in [-0.1, -0.05) is 320 Å². The van der Waals surface area contributed by atoms with Gasteiger partial charge in [0.1, 0.15) is 24.4 Å². The van der Waals surface area contributed by atoms with Crippen LogP contribution < -0.4 is 5.32 Å². The van der Waals surface area contributed by atoms with Gasteiger partial charge in [0.15, 0.2) is 6.29 Å². The van der Waals surface area contributed by atoms with Gasteiger partial charge in [0.05, 0.1) is 25.4 Å². The van der Waals surface area contributed by atoms with E-state index in [2.05, 4.69) is 43.5 Å². The van der Waals surface area contributed by atoms with Crippen LogP contribution in [0.25, 0.3) is 0 Å². The highest BCUT2D eigenvalue weighted by molar-refractivity contribution is 5.76. The number of hydrogen-bond acceptors (Lipinski definition) is 8. The quantitative estimate of drug-likeness (QED) is 0.0261. The SMILES string of the molecule is CCCCCCCCCC/C=C\CCCCCCCCCCCCCCCC(=O)NC(COC1OC(CO)C(O)C(O)C1O)C(O)/C=C/CC/C=C/CCCCCCCCCCCCCCCCCCCCCCCCCCC. The third-order valence-electron chi connectivity index (χ3n) is 16.7. The molecule has 1 fully saturated rings. The van der Waals surface area contributed by atoms with Gasteiger partial charge in [0.2, 0.25) is 5.91 Å². The standard InChI is InChI=1S/C70H133NO8/c1-3-5-7-9-11-13-15-17-19-21-23-25-27-29-30-31-32-33-34-36-37-39-41-43-45-47-49-51-53-55-57-59-64(73)63(62-78-70-69(77)68(76)67(75)65(61-72)79-70)71-66(74)60-58-56-54-52-50-48-46-44-42-40-38-35-28-26-24-22-20-18-16-14-12-10-8-6-4-2/h22,24,49,51,57,59,63-65,67-70,72-73,75-77H,3-21,23,25-48,50,52-56,58,60-62H2,1-2H3,(H,71,74)/b24-22-,51-49+,59-57+. The second-order valence-electron chi connectivity index (χ2n) is 24.3. The zero-order chi connectivity index (χ0) is 57.2. The van der Waals surface area contributed by atoms with Gasteiger partial charge in [-0.3, -0.25) is 4.79 Å². The lowest BCUT2D eigenvalue weighted by Crippen LogP contribution is -2.60. The lowest BCUT2D eigenvalue weighted by molar-refractivity contribution is -0.302. The first-order valence-electron chi connectivity index (χ1n) is 34.7. The molecular formula is C70H133NO8. The maximum absolute atomic E-state index is 13.1. The molecule has 0 bridgehead atoms. The number of ether oxygens (including phenoxy) is 2. The molecule has 79 heavy (non-hydrogen) atoms. The Kier molecular flexibility index (Phi) is 56.9. The lowest BCUT2D eigenvalue weighted by Gasteiger charge is -2.40. The van der Waals surface area contributed by atoms with Crippen LogP contribution in [0.4, 0.5) is 0 Å². The molecule has 1 heterocycles. The summed E-state index contributed by atoms with van der Waals surface area (Å²) in [5.74, 6) is -0.181. The van der Waals surface area contributed by atoms with Crippen LogP contribution in [0.15, 0.2) is 36.5 Å². The Hall–Kier alpha value is -1.59. The predicted molar refractivity (Wildman–Crippen MR) is 337 cm³/mol. The van der Waals surface area contributed by atoms with E-state index in [1.54, 1.807) is 6.08 Å². The van der Waals surface area contributed by atoms with Gasteiger partial charge in [0, 0.05) is 6.42 Å². The third-order valence-corrected chi connectivity index (χ3v) is 16.7. The van der Waals surface area contributed by atoms with E-state index in [0.29, 0.717) is 6.42 Å². The summed E-state index contributed by atoms with van der Waals surface area (Å²) in [6.45, 7) is 3.81. The van der Waals surface area contributed by atoms with Gasteiger partial charge in [-0.05, 0) is 57.8 Å². The van der Waals surface area contributed by atoms with Crippen LogP contribution in [0, 0.1) is 0 Å². The number of carbonyl (C=O) groups is 1. The van der Waals surface area contributed by atoms with Gasteiger partial charge < -0.3 is 40.3 Å². The Bertz CT molecular complexity index is 1340. The van der Waals surface area contributed by atoms with Gasteiger partial charge in [-0.2, -0.15) is 0 Å². The lowest BCUT2D eigenvalue weighted by atomic mass is 9.99. The molecule has 0 saturated carbocycles. The molecule has 0 aromatic carbocycles. The Labute approximate surface area is 489 Å². The van der Waals surface area contributed by atoms with Crippen LogP contribution in [-0.2, 0) is 14.3 Å². The van der Waals surface area contributed by atoms with Crippen molar-refractivity contribution >= 4 is 5.91 Å². The molecule has 6 N–H and O–H groups in total. The first kappa shape index (κ1) is 75.4. The van der Waals surface area contributed by atoms with Gasteiger partial charge in [-0.25, -0.2) is 0 Å². The minimum absolute atomic E-state index is 0.181. The molecule has 1 aliphatic rings. The van der Waals surface area contributed by atoms with E-state index in [9.17, 15) is 30.3 Å². The number of unbranched alkanes of at least 4 members (excludes halogenated alkanes) is 47. The number of allylic oxidation sites excluding steroid dienone is 5. The number of nitrogens with one attached hydrogen (secondary N) is 1. The summed E-state index contributed by atoms with van der Waals surface area (Å²) in [7, 11) is 0. The van der Waals surface area contributed by atoms with Gasteiger partial charge in [-0.15, -0.1) is 0 Å². The van der Waals surface area contributed by atoms with E-state index < -0.39 is 49.5 Å². The molecule has 0 aliphatic carbocycles. The van der Waals surface area contributed by atoms with Crippen LogP contribution in [0.2, 0.25) is 0 Å². The van der Waals surface area contributed by atoms with Gasteiger partial charge >= 0.3 is 0 Å². The summed E-state index contributed by atoms with van der Waals surface area (Å²) >= 11 is 0. The first-order valence-corrected chi connectivity index (χ1v) is 34.7. The molecule has 466 valence electrons. The van der Waals surface area contributed by atoms with Crippen molar-refractivity contribution in [2.24, 2.45) is 0 Å². The number of rotatable bonds is 61. The number of amides is 1. The predicted octanol–water partition coefficient (Wildman–Crippen LogP) is 18.6. The Morgan fingerprint density at radius 2 is 0.722 bits per heavy atom. The van der Waals surface area contributed by atoms with E-state index >= 15 is 0 Å². The average Bonchev–Trinajstić information content (AvgIpc) is 3.47. The van der Waals surface area contributed by atoms with Crippen LogP contribution in [-0.4, -0.2) is 87.5 Å². The zero-order valence-electron chi connectivity index (χ0n) is 52.2. The highest BCUT2D eigenvalue weighted by atomic mass is 16.7. The molecule has 7 unspecified atom stereocenters. The highest BCUT2D eigenvalue weighted by Gasteiger charge is 2.44. The maximum Gasteiger partial charge on any atom is 0.220 e. The van der Waals surface area contributed by atoms with E-state index in [0.717, 1.165) is 38.5 Å². The van der Waals surface area contributed by atoms with Crippen molar-refractivity contribution < 1.29 is 39.8 Å². The molecule has 7 atom stereocenters. The normalized spacial score (nSPS) is 18.7. The van der Waals surface area contributed by atoms with Crippen LogP contribution in [0.1, 0.15) is 348 Å². The molecule has 0 radical (unpaired) electrons. The van der Waals surface area contributed by atoms with Crippen LogP contribution in [0.3, 0.4) is 0 Å². The first-order chi connectivity index (χ1) is 38.8. The Morgan fingerprint density at radius 3 is 1.06 bits per heavy atom. The molecule has 1 saturated heterocycles. The fourth-order valence-electron chi connectivity index (χ4n) is 11.2. The van der Waals surface area contributed by atoms with E-state index in [1.165, 1.54) is 289 Å². The molecule has 9 nitrogen and oxygen atoms in total. The van der Waals surface area contributed by atoms with Crippen LogP contribution in [0.5, 0.6) is 0 Å². The molecule has 0 aromatic rings. The molecule has 9 heteroatoms. The van der Waals surface area contributed by atoms with E-state index in [-0.39, 0.29) is 12.5 Å². The summed E-state index contributed by atoms with van der Waals surface area (Å²) < 4.78 is 11.3. The molecule has 1 rings (SSSR count). The number of carbonyl (C=O) groups excluding carboxylic acids is 1. The minimum Gasteiger partial charge on any atom is -0.394 e. The summed E-state index contributed by atoms with van der Waals surface area (Å²) in [5.41, 5.74) is 0. The number of aliphatic hydroxyl groups excluding tert-OH is 5. The summed E-state index contributed by atoms with van der Waals surface area (Å²) in [5, 5.41) is 54.7. The second-order valence-corrected chi connectivity index (χ2v) is 24.3. The Balaban J connectivity index is 2.15. The third kappa shape index (κ3) is 48.5. The van der Waals surface area contributed by atoms with Crippen molar-refractivity contribution in [2.45, 2.75) is 391 Å². The van der Waals surface area contributed by atoms with Crippen molar-refractivity contribution in [1.29, 1.82) is 0 Å². The molecular weight excluding hydrogens is 983 g/mol. The largest absolute Gasteiger partial charge is 0.394 e. The maximum atomic E-state index is 13.1. The Morgan fingerprint density at radius 1 is 0.418 bits per heavy atom. The molecule has 0 aromatic heterocycles. The summed E-state index contributed by atoms with van der Waals surface area (Å²) in [6, 6.07) is -0.823. The highest BCUT2D eigenvalue weighted by Crippen LogP contribution is 2.23. The number of aliphatic hydroxyl groups is 5. The zero-order valence-corrected chi connectivity index (χ0v) is 52.2. The number of hydrogen-bond donors (Lipinski definition) is 6. The second kappa shape index (κ2) is 59.6. The van der Waals surface area contributed by atoms with Crippen molar-refractivity contribution in [3.63, 3.8) is 0 Å². The van der Waals surface area contributed by atoms with Crippen LogP contribution >= 0.6 is 0 Å². The van der Waals surface area contributed by atoms with Gasteiger partial charge in [0.25, 0.3) is 0 Å². The van der Waals surface area contributed by atoms with E-state index in [4.69, 9.17) is 9.47 Å². The van der Waals surface area contributed by atoms with Crippen molar-refractivity contribution in [2.75, 3.05) is 13.2 Å². The minimum atomic E-state index is -1.57. The summed E-state index contributed by atoms with van der Waals surface area (Å²) in [4.78, 5) is 13.1. The molecule has 1 amide bonds. The van der Waals surface area contributed by atoms with E-state index in [1.807, 2.05) is 6.08 Å². The fourth-order valence-corrected chi connectivity index (χ4v) is 11.2. The summed E-state index contributed by atoms with van der Waals surface area (Å²) in [6.07, 6.45) is 72.6. The van der Waals surface area contributed by atoms with Crippen molar-refractivity contribution in [3.8, 4) is 0 Å². The monoisotopic (exact) mass is 1120 g/mol. The average molecular weight is 1120 g/mol. The fraction of sp³-hybridized carbons (Fsp3) is 0.900.